The summed E-state index contributed by atoms with van der Waals surface area (Å²) in [6.45, 7) is 6.36. The van der Waals surface area contributed by atoms with Gasteiger partial charge in [-0.3, -0.25) is 9.52 Å². The fourth-order valence-corrected chi connectivity index (χ4v) is 3.90. The summed E-state index contributed by atoms with van der Waals surface area (Å²) in [6.07, 6.45) is 1.90. The maximum atomic E-state index is 12.8. The molecular formula is C20H26N2O3S. The maximum absolute atomic E-state index is 12.8. The van der Waals surface area contributed by atoms with Crippen LogP contribution in [0.4, 0.5) is 5.69 Å². The number of hydrogen-bond donors (Lipinski definition) is 1. The fourth-order valence-electron chi connectivity index (χ4n) is 2.57. The van der Waals surface area contributed by atoms with E-state index in [4.69, 9.17) is 0 Å². The molecule has 2 rings (SSSR count). The molecule has 5 nitrogen and oxygen atoms in total. The summed E-state index contributed by atoms with van der Waals surface area (Å²) in [5, 5.41) is 0. The molecule has 0 aliphatic carbocycles. The molecule has 0 aliphatic rings. The van der Waals surface area contributed by atoms with Gasteiger partial charge in [0.2, 0.25) is 0 Å². The van der Waals surface area contributed by atoms with Crippen molar-refractivity contribution in [3.63, 3.8) is 0 Å². The zero-order valence-electron chi connectivity index (χ0n) is 15.7. The Kier molecular flexibility index (Phi) is 6.42. The highest BCUT2D eigenvalue weighted by atomic mass is 32.2. The molecule has 0 unspecified atom stereocenters. The number of sulfonamides is 1. The Labute approximate surface area is 156 Å². The van der Waals surface area contributed by atoms with Crippen LogP contribution in [0.3, 0.4) is 0 Å². The minimum Gasteiger partial charge on any atom is -0.342 e. The summed E-state index contributed by atoms with van der Waals surface area (Å²) in [4.78, 5) is 14.3. The molecule has 0 aliphatic heterocycles. The Hall–Kier alpha value is -2.34. The Morgan fingerprint density at radius 3 is 2.35 bits per heavy atom. The molecular weight excluding hydrogens is 348 g/mol. The van der Waals surface area contributed by atoms with Crippen molar-refractivity contribution in [3.8, 4) is 0 Å². The second-order valence-electron chi connectivity index (χ2n) is 6.53. The number of unbranched alkanes of at least 4 members (excludes halogenated alkanes) is 1. The van der Waals surface area contributed by atoms with E-state index >= 15 is 0 Å². The largest absolute Gasteiger partial charge is 0.342 e. The number of rotatable bonds is 7. The lowest BCUT2D eigenvalue weighted by Crippen LogP contribution is -2.28. The summed E-state index contributed by atoms with van der Waals surface area (Å²) >= 11 is 0. The first-order chi connectivity index (χ1) is 12.2. The van der Waals surface area contributed by atoms with Gasteiger partial charge in [0.15, 0.2) is 0 Å². The van der Waals surface area contributed by atoms with Gasteiger partial charge in [-0.2, -0.15) is 0 Å². The summed E-state index contributed by atoms with van der Waals surface area (Å²) in [5.41, 5.74) is 2.51. The molecule has 2 aromatic rings. The number of nitrogens with one attached hydrogen (secondary N) is 1. The van der Waals surface area contributed by atoms with Crippen LogP contribution < -0.4 is 4.72 Å². The second kappa shape index (κ2) is 8.36. The van der Waals surface area contributed by atoms with Crippen molar-refractivity contribution in [2.45, 2.75) is 38.5 Å². The van der Waals surface area contributed by atoms with Crippen LogP contribution >= 0.6 is 0 Å². The minimum absolute atomic E-state index is 0.118. The molecule has 1 N–H and O–H groups in total. The standard InChI is InChI=1S/C20H26N2O3S/c1-5-6-13-22(4)20(23)17-10-9-16(3)19(14-17)26(24,25)21-18-11-7-15(2)8-12-18/h7-12,14,21H,5-6,13H2,1-4H3. The van der Waals surface area contributed by atoms with Crippen LogP contribution in [0.5, 0.6) is 0 Å². The van der Waals surface area contributed by atoms with E-state index in [0.717, 1.165) is 18.4 Å². The molecule has 0 radical (unpaired) electrons. The molecule has 0 fully saturated rings. The molecule has 0 atom stereocenters. The Balaban J connectivity index is 2.30. The molecule has 1 amide bonds. The van der Waals surface area contributed by atoms with Crippen molar-refractivity contribution in [2.75, 3.05) is 18.3 Å². The zero-order valence-corrected chi connectivity index (χ0v) is 16.6. The van der Waals surface area contributed by atoms with Gasteiger partial charge in [-0.25, -0.2) is 8.42 Å². The monoisotopic (exact) mass is 374 g/mol. The number of benzene rings is 2. The van der Waals surface area contributed by atoms with Gasteiger partial charge in [-0.05, 0) is 50.1 Å². The van der Waals surface area contributed by atoms with E-state index in [0.29, 0.717) is 23.4 Å². The third-order valence-corrected chi connectivity index (χ3v) is 5.75. The van der Waals surface area contributed by atoms with E-state index in [1.165, 1.54) is 6.07 Å². The van der Waals surface area contributed by atoms with Gasteiger partial charge in [-0.15, -0.1) is 0 Å². The quantitative estimate of drug-likeness (QED) is 0.797. The molecule has 0 heterocycles. The lowest BCUT2D eigenvalue weighted by molar-refractivity contribution is 0.0793. The fraction of sp³-hybridized carbons (Fsp3) is 0.350. The van der Waals surface area contributed by atoms with Gasteiger partial charge in [-0.1, -0.05) is 37.1 Å². The summed E-state index contributed by atoms with van der Waals surface area (Å²) in [6, 6.07) is 11.9. The van der Waals surface area contributed by atoms with E-state index in [9.17, 15) is 13.2 Å². The van der Waals surface area contributed by atoms with Crippen molar-refractivity contribution in [1.29, 1.82) is 0 Å². The summed E-state index contributed by atoms with van der Waals surface area (Å²) in [5.74, 6) is -0.176. The predicted octanol–water partition coefficient (Wildman–Crippen LogP) is 3.98. The normalized spacial score (nSPS) is 11.2. The van der Waals surface area contributed by atoms with Crippen LogP contribution in [0, 0.1) is 13.8 Å². The number of anilines is 1. The van der Waals surface area contributed by atoms with Crippen molar-refractivity contribution in [1.82, 2.24) is 4.90 Å². The highest BCUT2D eigenvalue weighted by Gasteiger charge is 2.20. The Bertz CT molecular complexity index is 874. The molecule has 0 saturated carbocycles. The minimum atomic E-state index is -3.78. The Morgan fingerprint density at radius 1 is 1.08 bits per heavy atom. The van der Waals surface area contributed by atoms with Crippen molar-refractivity contribution >= 4 is 21.6 Å². The van der Waals surface area contributed by atoms with Crippen molar-refractivity contribution < 1.29 is 13.2 Å². The lowest BCUT2D eigenvalue weighted by atomic mass is 10.1. The van der Waals surface area contributed by atoms with Crippen LogP contribution in [-0.4, -0.2) is 32.8 Å². The molecule has 0 spiro atoms. The molecule has 26 heavy (non-hydrogen) atoms. The van der Waals surface area contributed by atoms with Crippen LogP contribution in [0.1, 0.15) is 41.3 Å². The summed E-state index contributed by atoms with van der Waals surface area (Å²) < 4.78 is 28.2. The van der Waals surface area contributed by atoms with E-state index in [1.807, 2.05) is 19.1 Å². The Morgan fingerprint density at radius 2 is 1.73 bits per heavy atom. The predicted molar refractivity (Wildman–Crippen MR) is 105 cm³/mol. The summed E-state index contributed by atoms with van der Waals surface area (Å²) in [7, 11) is -2.04. The number of nitrogens with zero attached hydrogens (tertiary/aromatic N) is 1. The number of aryl methyl sites for hydroxylation is 2. The third-order valence-electron chi connectivity index (χ3n) is 4.22. The van der Waals surface area contributed by atoms with E-state index in [-0.39, 0.29) is 10.8 Å². The molecule has 6 heteroatoms. The number of hydrogen-bond acceptors (Lipinski definition) is 3. The van der Waals surface area contributed by atoms with Crippen LogP contribution in [-0.2, 0) is 10.0 Å². The zero-order chi connectivity index (χ0) is 19.3. The highest BCUT2D eigenvalue weighted by Crippen LogP contribution is 2.22. The topological polar surface area (TPSA) is 66.5 Å². The lowest BCUT2D eigenvalue weighted by Gasteiger charge is -2.18. The van der Waals surface area contributed by atoms with Gasteiger partial charge in [0.1, 0.15) is 0 Å². The molecule has 0 bridgehead atoms. The third kappa shape index (κ3) is 4.85. The van der Waals surface area contributed by atoms with Gasteiger partial charge in [0.05, 0.1) is 4.90 Å². The smallest absolute Gasteiger partial charge is 0.262 e. The first-order valence-corrected chi connectivity index (χ1v) is 10.2. The first-order valence-electron chi connectivity index (χ1n) is 8.70. The number of carbonyl (C=O) groups excluding carboxylic acids is 1. The SMILES string of the molecule is CCCCN(C)C(=O)c1ccc(C)c(S(=O)(=O)Nc2ccc(C)cc2)c1. The van der Waals surface area contributed by atoms with E-state index < -0.39 is 10.0 Å². The average molecular weight is 375 g/mol. The molecule has 140 valence electrons. The molecule has 0 saturated heterocycles. The van der Waals surface area contributed by atoms with Gasteiger partial charge >= 0.3 is 0 Å². The second-order valence-corrected chi connectivity index (χ2v) is 8.18. The molecule has 0 aromatic heterocycles. The van der Waals surface area contributed by atoms with Crippen LogP contribution in [0.2, 0.25) is 0 Å². The van der Waals surface area contributed by atoms with Gasteiger partial charge < -0.3 is 4.90 Å². The van der Waals surface area contributed by atoms with Crippen LogP contribution in [0.25, 0.3) is 0 Å². The highest BCUT2D eigenvalue weighted by molar-refractivity contribution is 7.92. The number of carbonyl (C=O) groups is 1. The van der Waals surface area contributed by atoms with Crippen LogP contribution in [0.15, 0.2) is 47.4 Å². The van der Waals surface area contributed by atoms with E-state index in [2.05, 4.69) is 11.6 Å². The molecule has 2 aromatic carbocycles. The van der Waals surface area contributed by atoms with E-state index in [1.54, 1.807) is 43.1 Å². The maximum Gasteiger partial charge on any atom is 0.262 e. The van der Waals surface area contributed by atoms with Gasteiger partial charge in [0.25, 0.3) is 15.9 Å². The van der Waals surface area contributed by atoms with Gasteiger partial charge in [0, 0.05) is 24.8 Å². The average Bonchev–Trinajstić information content (AvgIpc) is 2.61. The number of amides is 1. The van der Waals surface area contributed by atoms with Crippen molar-refractivity contribution in [2.24, 2.45) is 0 Å². The first kappa shape index (κ1) is 20.0. The van der Waals surface area contributed by atoms with Crippen molar-refractivity contribution in [3.05, 3.63) is 59.2 Å².